The van der Waals surface area contributed by atoms with Crippen molar-refractivity contribution >= 4 is 0 Å². The molecule has 0 radical (unpaired) electrons. The number of nitrogens with zero attached hydrogens (tertiary/aromatic N) is 1. The SMILES string of the molecule is C#CCN(C)C1CC(O)C1. The standard InChI is InChI=1S/C8H13NO/c1-3-4-9(2)7-5-8(10)6-7/h1,7-8,10H,4-6H2,2H3. The zero-order valence-electron chi connectivity index (χ0n) is 6.25. The first kappa shape index (κ1) is 7.59. The van der Waals surface area contributed by atoms with Gasteiger partial charge in [-0.25, -0.2) is 0 Å². The maximum atomic E-state index is 8.96. The van der Waals surface area contributed by atoms with Crippen LogP contribution < -0.4 is 0 Å². The van der Waals surface area contributed by atoms with E-state index in [2.05, 4.69) is 10.8 Å². The van der Waals surface area contributed by atoms with Crippen molar-refractivity contribution in [2.24, 2.45) is 0 Å². The molecule has 0 unspecified atom stereocenters. The Balaban J connectivity index is 2.19. The lowest BCUT2D eigenvalue weighted by Crippen LogP contribution is -2.45. The first-order valence-electron chi connectivity index (χ1n) is 3.56. The average Bonchev–Trinajstić information content (AvgIpc) is 1.82. The molecule has 1 saturated carbocycles. The van der Waals surface area contributed by atoms with E-state index in [1.54, 1.807) is 0 Å². The summed E-state index contributed by atoms with van der Waals surface area (Å²) >= 11 is 0. The van der Waals surface area contributed by atoms with Crippen molar-refractivity contribution < 1.29 is 5.11 Å². The van der Waals surface area contributed by atoms with Crippen molar-refractivity contribution in [3.8, 4) is 12.3 Å². The predicted molar refractivity (Wildman–Crippen MR) is 40.5 cm³/mol. The van der Waals surface area contributed by atoms with Crippen LogP contribution in [0.3, 0.4) is 0 Å². The first-order chi connectivity index (χ1) is 4.74. The van der Waals surface area contributed by atoms with Gasteiger partial charge in [0.1, 0.15) is 0 Å². The van der Waals surface area contributed by atoms with E-state index >= 15 is 0 Å². The molecule has 0 aromatic rings. The Morgan fingerprint density at radius 1 is 1.70 bits per heavy atom. The Labute approximate surface area is 61.8 Å². The molecule has 2 heteroatoms. The lowest BCUT2D eigenvalue weighted by atomic mass is 9.88. The summed E-state index contributed by atoms with van der Waals surface area (Å²) in [5.74, 6) is 2.58. The molecule has 0 aromatic heterocycles. The molecular weight excluding hydrogens is 126 g/mol. The second-order valence-corrected chi connectivity index (χ2v) is 2.90. The molecule has 0 aliphatic heterocycles. The maximum absolute atomic E-state index is 8.96. The summed E-state index contributed by atoms with van der Waals surface area (Å²) in [7, 11) is 2.00. The molecule has 1 aliphatic rings. The minimum Gasteiger partial charge on any atom is -0.393 e. The van der Waals surface area contributed by atoms with Crippen LogP contribution in [0.2, 0.25) is 0 Å². The number of terminal acetylenes is 1. The number of hydrogen-bond acceptors (Lipinski definition) is 2. The average molecular weight is 139 g/mol. The molecule has 0 heterocycles. The van der Waals surface area contributed by atoms with Crippen molar-refractivity contribution in [3.05, 3.63) is 0 Å². The number of aliphatic hydroxyl groups excluding tert-OH is 1. The quantitative estimate of drug-likeness (QED) is 0.547. The Hall–Kier alpha value is -0.520. The van der Waals surface area contributed by atoms with E-state index in [-0.39, 0.29) is 6.10 Å². The van der Waals surface area contributed by atoms with E-state index < -0.39 is 0 Å². The van der Waals surface area contributed by atoms with Gasteiger partial charge in [0.05, 0.1) is 12.6 Å². The Kier molecular flexibility index (Phi) is 2.31. The minimum atomic E-state index is -0.0785. The van der Waals surface area contributed by atoms with Gasteiger partial charge in [-0.3, -0.25) is 4.90 Å². The molecule has 1 fully saturated rings. The summed E-state index contributed by atoms with van der Waals surface area (Å²) < 4.78 is 0. The van der Waals surface area contributed by atoms with Crippen LogP contribution in [0.1, 0.15) is 12.8 Å². The van der Waals surface area contributed by atoms with Gasteiger partial charge in [-0.1, -0.05) is 5.92 Å². The largest absolute Gasteiger partial charge is 0.393 e. The fraction of sp³-hybridized carbons (Fsp3) is 0.750. The molecule has 0 amide bonds. The molecule has 1 rings (SSSR count). The second-order valence-electron chi connectivity index (χ2n) is 2.90. The number of rotatable bonds is 2. The molecule has 0 spiro atoms. The van der Waals surface area contributed by atoms with E-state index in [0.717, 1.165) is 12.8 Å². The molecule has 1 N–H and O–H groups in total. The highest BCUT2D eigenvalue weighted by atomic mass is 16.3. The summed E-state index contributed by atoms with van der Waals surface area (Å²) in [6.07, 6.45) is 6.82. The Bertz CT molecular complexity index is 144. The van der Waals surface area contributed by atoms with Gasteiger partial charge in [0.15, 0.2) is 0 Å². The fourth-order valence-electron chi connectivity index (χ4n) is 1.19. The second kappa shape index (κ2) is 3.05. The van der Waals surface area contributed by atoms with Gasteiger partial charge in [0.25, 0.3) is 0 Å². The van der Waals surface area contributed by atoms with Crippen molar-refractivity contribution in [2.45, 2.75) is 25.0 Å². The van der Waals surface area contributed by atoms with Gasteiger partial charge in [0.2, 0.25) is 0 Å². The highest BCUT2D eigenvalue weighted by molar-refractivity contribution is 4.93. The number of aliphatic hydroxyl groups is 1. The van der Waals surface area contributed by atoms with Crippen LogP contribution in [0.15, 0.2) is 0 Å². The van der Waals surface area contributed by atoms with Crippen LogP contribution in [-0.4, -0.2) is 35.7 Å². The van der Waals surface area contributed by atoms with Crippen LogP contribution >= 0.6 is 0 Å². The van der Waals surface area contributed by atoms with E-state index in [1.807, 2.05) is 7.05 Å². The van der Waals surface area contributed by atoms with Gasteiger partial charge in [0, 0.05) is 6.04 Å². The van der Waals surface area contributed by atoms with Gasteiger partial charge < -0.3 is 5.11 Å². The third-order valence-electron chi connectivity index (χ3n) is 2.05. The van der Waals surface area contributed by atoms with Gasteiger partial charge in [-0.05, 0) is 19.9 Å². The Morgan fingerprint density at radius 3 is 2.70 bits per heavy atom. The van der Waals surface area contributed by atoms with Crippen molar-refractivity contribution in [1.29, 1.82) is 0 Å². The van der Waals surface area contributed by atoms with E-state index in [4.69, 9.17) is 11.5 Å². The van der Waals surface area contributed by atoms with Crippen LogP contribution in [0.4, 0.5) is 0 Å². The molecule has 0 saturated heterocycles. The lowest BCUT2D eigenvalue weighted by Gasteiger charge is -2.37. The van der Waals surface area contributed by atoms with E-state index in [0.29, 0.717) is 12.6 Å². The normalized spacial score (nSPS) is 31.4. The summed E-state index contributed by atoms with van der Waals surface area (Å²) in [4.78, 5) is 2.10. The third-order valence-corrected chi connectivity index (χ3v) is 2.05. The highest BCUT2D eigenvalue weighted by Crippen LogP contribution is 2.23. The van der Waals surface area contributed by atoms with Crippen LogP contribution in [0.5, 0.6) is 0 Å². The zero-order chi connectivity index (χ0) is 7.56. The molecule has 56 valence electrons. The molecular formula is C8H13NO. The maximum Gasteiger partial charge on any atom is 0.0598 e. The third kappa shape index (κ3) is 1.50. The van der Waals surface area contributed by atoms with Crippen molar-refractivity contribution in [1.82, 2.24) is 4.90 Å². The van der Waals surface area contributed by atoms with Gasteiger partial charge in [-0.2, -0.15) is 0 Å². The van der Waals surface area contributed by atoms with E-state index in [9.17, 15) is 0 Å². The smallest absolute Gasteiger partial charge is 0.0598 e. The minimum absolute atomic E-state index is 0.0785. The molecule has 0 aromatic carbocycles. The predicted octanol–water partition coefficient (Wildman–Crippen LogP) is 0.0747. The molecule has 1 aliphatic carbocycles. The monoisotopic (exact) mass is 139 g/mol. The first-order valence-corrected chi connectivity index (χ1v) is 3.56. The van der Waals surface area contributed by atoms with Crippen molar-refractivity contribution in [3.63, 3.8) is 0 Å². The van der Waals surface area contributed by atoms with Gasteiger partial charge in [-0.15, -0.1) is 6.42 Å². The van der Waals surface area contributed by atoms with Crippen LogP contribution in [-0.2, 0) is 0 Å². The van der Waals surface area contributed by atoms with E-state index in [1.165, 1.54) is 0 Å². The molecule has 2 nitrogen and oxygen atoms in total. The fourth-order valence-corrected chi connectivity index (χ4v) is 1.19. The topological polar surface area (TPSA) is 23.5 Å². The lowest BCUT2D eigenvalue weighted by molar-refractivity contribution is 0.0173. The number of hydrogen-bond donors (Lipinski definition) is 1. The molecule has 0 bridgehead atoms. The zero-order valence-corrected chi connectivity index (χ0v) is 6.25. The summed E-state index contributed by atoms with van der Waals surface area (Å²) in [5.41, 5.74) is 0. The Morgan fingerprint density at radius 2 is 2.30 bits per heavy atom. The van der Waals surface area contributed by atoms with Crippen LogP contribution in [0.25, 0.3) is 0 Å². The van der Waals surface area contributed by atoms with Crippen molar-refractivity contribution in [2.75, 3.05) is 13.6 Å². The molecule has 0 atom stereocenters. The highest BCUT2D eigenvalue weighted by Gasteiger charge is 2.29. The summed E-state index contributed by atoms with van der Waals surface area (Å²) in [6.45, 7) is 0.692. The van der Waals surface area contributed by atoms with Crippen LogP contribution in [0, 0.1) is 12.3 Å². The summed E-state index contributed by atoms with van der Waals surface area (Å²) in [6, 6.07) is 0.519. The molecule has 10 heavy (non-hydrogen) atoms. The van der Waals surface area contributed by atoms with Gasteiger partial charge >= 0.3 is 0 Å². The summed E-state index contributed by atoms with van der Waals surface area (Å²) in [5, 5.41) is 8.96.